The van der Waals surface area contributed by atoms with E-state index in [-0.39, 0.29) is 6.54 Å². The first kappa shape index (κ1) is 17.8. The predicted molar refractivity (Wildman–Crippen MR) is 90.5 cm³/mol. The van der Waals surface area contributed by atoms with Gasteiger partial charge in [0.15, 0.2) is 5.96 Å². The van der Waals surface area contributed by atoms with Gasteiger partial charge in [0, 0.05) is 19.7 Å². The summed E-state index contributed by atoms with van der Waals surface area (Å²) in [4.78, 5) is 4.44. The molecule has 2 rings (SSSR count). The van der Waals surface area contributed by atoms with Crippen LogP contribution in [0.15, 0.2) is 21.5 Å². The van der Waals surface area contributed by atoms with Crippen LogP contribution in [0.1, 0.15) is 38.2 Å². The highest BCUT2D eigenvalue weighted by atomic mass is 16.5. The molecule has 0 radical (unpaired) electrons. The number of aryl methyl sites for hydroxylation is 1. The molecule has 6 nitrogen and oxygen atoms in total. The van der Waals surface area contributed by atoms with E-state index in [2.05, 4.69) is 15.6 Å². The predicted octanol–water partition coefficient (Wildman–Crippen LogP) is 1.78. The van der Waals surface area contributed by atoms with Crippen molar-refractivity contribution in [2.75, 3.05) is 32.8 Å². The second kappa shape index (κ2) is 8.36. The van der Waals surface area contributed by atoms with Crippen LogP contribution in [0.5, 0.6) is 0 Å². The first-order valence-corrected chi connectivity index (χ1v) is 8.40. The van der Waals surface area contributed by atoms with E-state index >= 15 is 0 Å². The van der Waals surface area contributed by atoms with Gasteiger partial charge in [-0.1, -0.05) is 0 Å². The van der Waals surface area contributed by atoms with Gasteiger partial charge in [-0.05, 0) is 51.7 Å². The number of aliphatic hydroxyl groups is 1. The minimum atomic E-state index is -1.13. The number of guanidine groups is 1. The second-order valence-electron chi connectivity index (χ2n) is 6.32. The number of rotatable bonds is 9. The lowest BCUT2D eigenvalue weighted by Gasteiger charge is -2.19. The lowest BCUT2D eigenvalue weighted by molar-refractivity contribution is 0.0428. The zero-order chi connectivity index (χ0) is 16.7. The number of nitrogens with one attached hydrogen (secondary N) is 2. The van der Waals surface area contributed by atoms with Gasteiger partial charge in [-0.2, -0.15) is 0 Å². The first-order chi connectivity index (χ1) is 11.0. The highest BCUT2D eigenvalue weighted by Crippen LogP contribution is 2.28. The summed E-state index contributed by atoms with van der Waals surface area (Å²) >= 11 is 0. The first-order valence-electron chi connectivity index (χ1n) is 8.40. The van der Waals surface area contributed by atoms with Crippen molar-refractivity contribution in [3.8, 4) is 0 Å². The summed E-state index contributed by atoms with van der Waals surface area (Å²) in [5.74, 6) is 2.76. The van der Waals surface area contributed by atoms with Crippen molar-refractivity contribution in [3.63, 3.8) is 0 Å². The number of furan rings is 1. The van der Waals surface area contributed by atoms with Gasteiger partial charge >= 0.3 is 0 Å². The van der Waals surface area contributed by atoms with E-state index in [0.29, 0.717) is 24.9 Å². The van der Waals surface area contributed by atoms with Crippen molar-refractivity contribution in [1.82, 2.24) is 10.6 Å². The molecule has 1 saturated carbocycles. The molecule has 1 atom stereocenters. The molecule has 0 aliphatic heterocycles. The van der Waals surface area contributed by atoms with Gasteiger partial charge in [0.1, 0.15) is 17.1 Å². The summed E-state index contributed by atoms with van der Waals surface area (Å²) in [6.45, 7) is 8.77. The monoisotopic (exact) mass is 323 g/mol. The standard InChI is InChI=1S/C17H29N3O3/c1-4-18-16(19-9-10-22-11-14-6-7-14)20-12-17(3,21)15-8-5-13(2)23-15/h5,8,14,21H,4,6-7,9-12H2,1-3H3,(H2,18,19,20). The van der Waals surface area contributed by atoms with Crippen molar-refractivity contribution in [3.05, 3.63) is 23.7 Å². The van der Waals surface area contributed by atoms with Crippen LogP contribution in [-0.4, -0.2) is 43.9 Å². The summed E-state index contributed by atoms with van der Waals surface area (Å²) in [6.07, 6.45) is 2.61. The summed E-state index contributed by atoms with van der Waals surface area (Å²) in [6, 6.07) is 3.63. The van der Waals surface area contributed by atoms with Gasteiger partial charge in [0.2, 0.25) is 0 Å². The summed E-state index contributed by atoms with van der Waals surface area (Å²) in [5, 5.41) is 16.9. The van der Waals surface area contributed by atoms with E-state index in [1.807, 2.05) is 19.9 Å². The zero-order valence-corrected chi connectivity index (χ0v) is 14.4. The quantitative estimate of drug-likeness (QED) is 0.367. The van der Waals surface area contributed by atoms with Crippen LogP contribution in [0.4, 0.5) is 0 Å². The average molecular weight is 323 g/mol. The van der Waals surface area contributed by atoms with Crippen LogP contribution in [0.2, 0.25) is 0 Å². The molecule has 1 aliphatic rings. The lowest BCUT2D eigenvalue weighted by Crippen LogP contribution is -2.40. The molecule has 6 heteroatoms. The smallest absolute Gasteiger partial charge is 0.191 e. The van der Waals surface area contributed by atoms with Gasteiger partial charge < -0.3 is 24.9 Å². The Kier molecular flexibility index (Phi) is 6.47. The van der Waals surface area contributed by atoms with E-state index in [4.69, 9.17) is 9.15 Å². The third kappa shape index (κ3) is 6.23. The van der Waals surface area contributed by atoms with E-state index in [0.717, 1.165) is 24.8 Å². The Morgan fingerprint density at radius 3 is 2.83 bits per heavy atom. The third-order valence-electron chi connectivity index (χ3n) is 3.75. The Morgan fingerprint density at radius 2 is 2.22 bits per heavy atom. The molecular weight excluding hydrogens is 294 g/mol. The molecule has 0 bridgehead atoms. The molecule has 0 amide bonds. The van der Waals surface area contributed by atoms with Crippen molar-refractivity contribution in [2.24, 2.45) is 10.9 Å². The maximum Gasteiger partial charge on any atom is 0.191 e. The molecule has 23 heavy (non-hydrogen) atoms. The second-order valence-corrected chi connectivity index (χ2v) is 6.32. The molecule has 1 fully saturated rings. The van der Waals surface area contributed by atoms with Crippen molar-refractivity contribution in [2.45, 2.75) is 39.2 Å². The fourth-order valence-electron chi connectivity index (χ4n) is 2.15. The minimum absolute atomic E-state index is 0.220. The Labute approximate surface area is 138 Å². The van der Waals surface area contributed by atoms with Crippen LogP contribution in [0.25, 0.3) is 0 Å². The highest BCUT2D eigenvalue weighted by molar-refractivity contribution is 5.79. The summed E-state index contributed by atoms with van der Waals surface area (Å²) in [7, 11) is 0. The molecule has 3 N–H and O–H groups in total. The molecule has 1 aromatic rings. The molecule has 130 valence electrons. The average Bonchev–Trinajstić information content (AvgIpc) is 3.23. The van der Waals surface area contributed by atoms with E-state index < -0.39 is 5.60 Å². The zero-order valence-electron chi connectivity index (χ0n) is 14.4. The number of hydrogen-bond acceptors (Lipinski definition) is 4. The fraction of sp³-hybridized carbons (Fsp3) is 0.706. The third-order valence-corrected chi connectivity index (χ3v) is 3.75. The van der Waals surface area contributed by atoms with Crippen molar-refractivity contribution < 1.29 is 14.3 Å². The van der Waals surface area contributed by atoms with Gasteiger partial charge in [-0.3, -0.25) is 0 Å². The number of nitrogens with zero attached hydrogens (tertiary/aromatic N) is 1. The molecule has 0 spiro atoms. The molecule has 1 aromatic heterocycles. The number of ether oxygens (including phenoxy) is 1. The topological polar surface area (TPSA) is 79.0 Å². The van der Waals surface area contributed by atoms with Gasteiger partial charge in [0.05, 0.1) is 13.2 Å². The highest BCUT2D eigenvalue weighted by Gasteiger charge is 2.26. The largest absolute Gasteiger partial charge is 0.463 e. The summed E-state index contributed by atoms with van der Waals surface area (Å²) in [5.41, 5.74) is -1.13. The number of aliphatic imine (C=N–C) groups is 1. The molecule has 1 heterocycles. The van der Waals surface area contributed by atoms with Gasteiger partial charge in [-0.25, -0.2) is 4.99 Å². The van der Waals surface area contributed by atoms with Crippen LogP contribution in [0.3, 0.4) is 0 Å². The van der Waals surface area contributed by atoms with E-state index in [1.165, 1.54) is 12.8 Å². The molecule has 0 aromatic carbocycles. The molecule has 1 aliphatic carbocycles. The van der Waals surface area contributed by atoms with Crippen LogP contribution >= 0.6 is 0 Å². The SMILES string of the molecule is CCNC(=NCC(C)(O)c1ccc(C)o1)NCCOCC1CC1. The fourth-order valence-corrected chi connectivity index (χ4v) is 2.15. The van der Waals surface area contributed by atoms with Crippen molar-refractivity contribution >= 4 is 5.96 Å². The lowest BCUT2D eigenvalue weighted by atomic mass is 10.0. The van der Waals surface area contributed by atoms with Gasteiger partial charge in [0.25, 0.3) is 0 Å². The minimum Gasteiger partial charge on any atom is -0.463 e. The van der Waals surface area contributed by atoms with E-state index in [9.17, 15) is 5.11 Å². The Morgan fingerprint density at radius 1 is 1.43 bits per heavy atom. The van der Waals surface area contributed by atoms with Crippen LogP contribution in [-0.2, 0) is 10.3 Å². The Bertz CT molecular complexity index is 507. The van der Waals surface area contributed by atoms with E-state index in [1.54, 1.807) is 13.0 Å². The maximum atomic E-state index is 10.5. The molecule has 1 unspecified atom stereocenters. The number of hydrogen-bond donors (Lipinski definition) is 3. The van der Waals surface area contributed by atoms with Gasteiger partial charge in [-0.15, -0.1) is 0 Å². The van der Waals surface area contributed by atoms with Crippen LogP contribution < -0.4 is 10.6 Å². The Balaban J connectivity index is 1.79. The van der Waals surface area contributed by atoms with Crippen LogP contribution in [0, 0.1) is 12.8 Å². The Hall–Kier alpha value is -1.53. The van der Waals surface area contributed by atoms with Crippen molar-refractivity contribution in [1.29, 1.82) is 0 Å². The summed E-state index contributed by atoms with van der Waals surface area (Å²) < 4.78 is 11.1. The normalized spacial score (nSPS) is 17.8. The molecule has 0 saturated heterocycles. The molecular formula is C17H29N3O3. The maximum absolute atomic E-state index is 10.5.